The molecule has 0 aliphatic rings. The SMILES string of the molecule is CCNc1ncc(F)cc1C(=O)NC(C)c1nccs1. The third kappa shape index (κ3) is 3.30. The summed E-state index contributed by atoms with van der Waals surface area (Å²) in [6.07, 6.45) is 2.76. The summed E-state index contributed by atoms with van der Waals surface area (Å²) in [6, 6.07) is 0.940. The second kappa shape index (κ2) is 6.42. The molecule has 0 fully saturated rings. The van der Waals surface area contributed by atoms with Gasteiger partial charge in [0.15, 0.2) is 0 Å². The topological polar surface area (TPSA) is 66.9 Å². The Morgan fingerprint density at radius 3 is 2.95 bits per heavy atom. The number of nitrogens with zero attached hydrogens (tertiary/aromatic N) is 2. The van der Waals surface area contributed by atoms with Gasteiger partial charge in [0.25, 0.3) is 5.91 Å². The maximum atomic E-state index is 13.3. The zero-order valence-electron chi connectivity index (χ0n) is 11.2. The lowest BCUT2D eigenvalue weighted by molar-refractivity contribution is 0.0940. The number of aromatic nitrogens is 2. The van der Waals surface area contributed by atoms with Crippen molar-refractivity contribution in [2.45, 2.75) is 19.9 Å². The number of thiazole rings is 1. The largest absolute Gasteiger partial charge is 0.370 e. The van der Waals surface area contributed by atoms with E-state index in [1.807, 2.05) is 19.2 Å². The zero-order chi connectivity index (χ0) is 14.5. The van der Waals surface area contributed by atoms with Gasteiger partial charge in [-0.3, -0.25) is 4.79 Å². The van der Waals surface area contributed by atoms with Crippen molar-refractivity contribution in [2.24, 2.45) is 0 Å². The molecule has 0 saturated heterocycles. The predicted molar refractivity (Wildman–Crippen MR) is 76.4 cm³/mol. The van der Waals surface area contributed by atoms with E-state index in [4.69, 9.17) is 0 Å². The molecule has 2 heterocycles. The summed E-state index contributed by atoms with van der Waals surface area (Å²) in [5.74, 6) is -0.549. The Labute approximate surface area is 120 Å². The van der Waals surface area contributed by atoms with Crippen LogP contribution in [0.15, 0.2) is 23.8 Å². The van der Waals surface area contributed by atoms with Crippen LogP contribution in [0.25, 0.3) is 0 Å². The first-order valence-electron chi connectivity index (χ1n) is 6.21. The quantitative estimate of drug-likeness (QED) is 0.889. The van der Waals surface area contributed by atoms with Gasteiger partial charge in [-0.05, 0) is 19.9 Å². The Morgan fingerprint density at radius 1 is 1.50 bits per heavy atom. The second-order valence-corrected chi connectivity index (χ2v) is 5.07. The first-order valence-corrected chi connectivity index (χ1v) is 7.09. The summed E-state index contributed by atoms with van der Waals surface area (Å²) in [5, 5.41) is 8.37. The van der Waals surface area contributed by atoms with Gasteiger partial charge in [0.1, 0.15) is 16.6 Å². The third-order valence-electron chi connectivity index (χ3n) is 2.61. The number of carbonyl (C=O) groups excluding carboxylic acids is 1. The van der Waals surface area contributed by atoms with Gasteiger partial charge in [-0.2, -0.15) is 0 Å². The number of rotatable bonds is 5. The van der Waals surface area contributed by atoms with Gasteiger partial charge in [0.05, 0.1) is 17.8 Å². The van der Waals surface area contributed by atoms with E-state index in [1.54, 1.807) is 6.20 Å². The summed E-state index contributed by atoms with van der Waals surface area (Å²) in [4.78, 5) is 20.3. The number of hydrogen-bond acceptors (Lipinski definition) is 5. The molecule has 20 heavy (non-hydrogen) atoms. The van der Waals surface area contributed by atoms with Gasteiger partial charge < -0.3 is 10.6 Å². The van der Waals surface area contributed by atoms with Gasteiger partial charge in [-0.25, -0.2) is 14.4 Å². The van der Waals surface area contributed by atoms with Crippen LogP contribution in [0.1, 0.15) is 35.3 Å². The smallest absolute Gasteiger partial charge is 0.255 e. The fraction of sp³-hybridized carbons (Fsp3) is 0.308. The van der Waals surface area contributed by atoms with Gasteiger partial charge in [0, 0.05) is 18.1 Å². The fourth-order valence-corrected chi connectivity index (χ4v) is 2.35. The van der Waals surface area contributed by atoms with Crippen LogP contribution in [0.2, 0.25) is 0 Å². The highest BCUT2D eigenvalue weighted by molar-refractivity contribution is 7.09. The molecule has 0 aliphatic carbocycles. The fourth-order valence-electron chi connectivity index (χ4n) is 1.71. The van der Waals surface area contributed by atoms with Crippen LogP contribution in [0.3, 0.4) is 0 Å². The van der Waals surface area contributed by atoms with E-state index in [9.17, 15) is 9.18 Å². The summed E-state index contributed by atoms with van der Waals surface area (Å²) in [5.41, 5.74) is 0.190. The lowest BCUT2D eigenvalue weighted by Gasteiger charge is -2.13. The van der Waals surface area contributed by atoms with Crippen LogP contribution in [0, 0.1) is 5.82 Å². The van der Waals surface area contributed by atoms with E-state index < -0.39 is 5.82 Å². The molecular weight excluding hydrogens is 279 g/mol. The molecule has 1 atom stereocenters. The molecule has 2 aromatic heterocycles. The van der Waals surface area contributed by atoms with E-state index in [-0.39, 0.29) is 17.5 Å². The molecule has 0 aromatic carbocycles. The molecule has 1 amide bonds. The van der Waals surface area contributed by atoms with Crippen molar-refractivity contribution in [3.05, 3.63) is 40.2 Å². The predicted octanol–water partition coefficient (Wildman–Crippen LogP) is 2.60. The molecule has 2 N–H and O–H groups in total. The van der Waals surface area contributed by atoms with Crippen molar-refractivity contribution in [1.29, 1.82) is 0 Å². The number of pyridine rings is 1. The molecular formula is C13H15FN4OS. The second-order valence-electron chi connectivity index (χ2n) is 4.15. The van der Waals surface area contributed by atoms with Crippen LogP contribution >= 0.6 is 11.3 Å². The number of amides is 1. The van der Waals surface area contributed by atoms with E-state index >= 15 is 0 Å². The lowest BCUT2D eigenvalue weighted by atomic mass is 10.2. The zero-order valence-corrected chi connectivity index (χ0v) is 12.0. The minimum atomic E-state index is -0.543. The molecule has 0 saturated carbocycles. The summed E-state index contributed by atoms with van der Waals surface area (Å²) in [6.45, 7) is 4.31. The summed E-state index contributed by atoms with van der Waals surface area (Å²) >= 11 is 1.45. The maximum absolute atomic E-state index is 13.3. The van der Waals surface area contributed by atoms with Crippen molar-refractivity contribution in [3.8, 4) is 0 Å². The molecule has 0 spiro atoms. The Kier molecular flexibility index (Phi) is 4.62. The summed E-state index contributed by atoms with van der Waals surface area (Å²) < 4.78 is 13.3. The molecule has 2 rings (SSSR count). The number of anilines is 1. The average molecular weight is 294 g/mol. The highest BCUT2D eigenvalue weighted by Gasteiger charge is 2.17. The molecule has 1 unspecified atom stereocenters. The van der Waals surface area contributed by atoms with Crippen molar-refractivity contribution in [1.82, 2.24) is 15.3 Å². The number of nitrogens with one attached hydrogen (secondary N) is 2. The highest BCUT2D eigenvalue weighted by atomic mass is 32.1. The molecule has 0 bridgehead atoms. The van der Waals surface area contributed by atoms with Crippen molar-refractivity contribution in [3.63, 3.8) is 0 Å². The molecule has 7 heteroatoms. The first kappa shape index (κ1) is 14.4. The van der Waals surface area contributed by atoms with Gasteiger partial charge >= 0.3 is 0 Å². The molecule has 2 aromatic rings. The minimum absolute atomic E-state index is 0.190. The lowest BCUT2D eigenvalue weighted by Crippen LogP contribution is -2.27. The molecule has 0 aliphatic heterocycles. The standard InChI is InChI=1S/C13H15FN4OS/c1-3-15-11-10(6-9(14)7-17-11)12(19)18-8(2)13-16-4-5-20-13/h4-8H,3H2,1-2H3,(H,15,17)(H,18,19). The number of halogens is 1. The normalized spacial score (nSPS) is 11.9. The molecule has 5 nitrogen and oxygen atoms in total. The van der Waals surface area contributed by atoms with E-state index in [2.05, 4.69) is 20.6 Å². The van der Waals surface area contributed by atoms with Crippen molar-refractivity contribution in [2.75, 3.05) is 11.9 Å². The van der Waals surface area contributed by atoms with Crippen LogP contribution in [-0.2, 0) is 0 Å². The van der Waals surface area contributed by atoms with Crippen molar-refractivity contribution < 1.29 is 9.18 Å². The van der Waals surface area contributed by atoms with Crippen LogP contribution in [0.4, 0.5) is 10.2 Å². The third-order valence-corrected chi connectivity index (χ3v) is 3.57. The Hall–Kier alpha value is -2.02. The maximum Gasteiger partial charge on any atom is 0.255 e. The Morgan fingerprint density at radius 2 is 2.30 bits per heavy atom. The highest BCUT2D eigenvalue weighted by Crippen LogP contribution is 2.18. The van der Waals surface area contributed by atoms with Gasteiger partial charge in [-0.15, -0.1) is 11.3 Å². The van der Waals surface area contributed by atoms with E-state index in [1.165, 1.54) is 17.4 Å². The minimum Gasteiger partial charge on any atom is -0.370 e. The van der Waals surface area contributed by atoms with E-state index in [0.717, 1.165) is 11.2 Å². The average Bonchev–Trinajstić information content (AvgIpc) is 2.95. The molecule has 106 valence electrons. The number of hydrogen-bond donors (Lipinski definition) is 2. The molecule has 0 radical (unpaired) electrons. The first-order chi connectivity index (χ1) is 9.61. The van der Waals surface area contributed by atoms with Crippen LogP contribution < -0.4 is 10.6 Å². The number of carbonyl (C=O) groups is 1. The van der Waals surface area contributed by atoms with Crippen LogP contribution in [-0.4, -0.2) is 22.4 Å². The van der Waals surface area contributed by atoms with Gasteiger partial charge in [-0.1, -0.05) is 0 Å². The Balaban J connectivity index is 2.18. The Bertz CT molecular complexity index is 588. The monoisotopic (exact) mass is 294 g/mol. The van der Waals surface area contributed by atoms with E-state index in [0.29, 0.717) is 12.4 Å². The summed E-state index contributed by atoms with van der Waals surface area (Å²) in [7, 11) is 0. The van der Waals surface area contributed by atoms with Crippen molar-refractivity contribution >= 4 is 23.1 Å². The van der Waals surface area contributed by atoms with Crippen LogP contribution in [0.5, 0.6) is 0 Å². The van der Waals surface area contributed by atoms with Gasteiger partial charge in [0.2, 0.25) is 0 Å².